The molecule has 0 bridgehead atoms. The molecule has 0 aliphatic carbocycles. The lowest BCUT2D eigenvalue weighted by atomic mass is 9.94. The van der Waals surface area contributed by atoms with E-state index >= 15 is 0 Å². The molecule has 0 atom stereocenters. The van der Waals surface area contributed by atoms with Crippen LogP contribution in [0.5, 0.6) is 0 Å². The van der Waals surface area contributed by atoms with E-state index in [-0.39, 0.29) is 0 Å². The van der Waals surface area contributed by atoms with Crippen LogP contribution in [0.15, 0.2) is 73.2 Å². The van der Waals surface area contributed by atoms with Crippen molar-refractivity contribution in [2.75, 3.05) is 0 Å². The number of rotatable bonds is 3. The summed E-state index contributed by atoms with van der Waals surface area (Å²) in [5.74, 6) is 2.02. The molecule has 0 aliphatic heterocycles. The predicted molar refractivity (Wildman–Crippen MR) is 78.6 cm³/mol. The maximum atomic E-state index is 4.11. The fourth-order valence-corrected chi connectivity index (χ4v) is 1.92. The standard InChI is InChI=1S/C16H15B/c1-13(11-12-17)15-9-5-6-10-16(15)14-7-3-2-4-8-14/h2-12H,1,17H2/b12-11+. The molecule has 0 amide bonds. The molecule has 0 saturated heterocycles. The van der Waals surface area contributed by atoms with Crippen LogP contribution in [0, 0.1) is 0 Å². The summed E-state index contributed by atoms with van der Waals surface area (Å²) in [6, 6.07) is 18.8. The second-order valence-corrected chi connectivity index (χ2v) is 3.94. The Bertz CT molecular complexity index is 538. The van der Waals surface area contributed by atoms with Gasteiger partial charge in [-0.05, 0) is 22.3 Å². The van der Waals surface area contributed by atoms with Gasteiger partial charge in [0.1, 0.15) is 7.85 Å². The Balaban J connectivity index is 2.52. The number of hydrogen-bond acceptors (Lipinski definition) is 0. The van der Waals surface area contributed by atoms with Gasteiger partial charge in [-0.1, -0.05) is 67.3 Å². The molecule has 2 rings (SSSR count). The molecule has 0 fully saturated rings. The van der Waals surface area contributed by atoms with E-state index in [1.54, 1.807) is 0 Å². The van der Waals surface area contributed by atoms with Gasteiger partial charge in [-0.2, -0.15) is 0 Å². The van der Waals surface area contributed by atoms with E-state index in [9.17, 15) is 0 Å². The average Bonchev–Trinajstić information content (AvgIpc) is 2.40. The van der Waals surface area contributed by atoms with Gasteiger partial charge in [0.25, 0.3) is 0 Å². The number of benzene rings is 2. The summed E-state index contributed by atoms with van der Waals surface area (Å²) >= 11 is 0. The van der Waals surface area contributed by atoms with Crippen molar-refractivity contribution in [3.63, 3.8) is 0 Å². The summed E-state index contributed by atoms with van der Waals surface area (Å²) in [5.41, 5.74) is 4.70. The number of allylic oxidation sites excluding steroid dienone is 2. The van der Waals surface area contributed by atoms with Crippen molar-refractivity contribution in [1.82, 2.24) is 0 Å². The predicted octanol–water partition coefficient (Wildman–Crippen LogP) is 3.51. The zero-order valence-corrected chi connectivity index (χ0v) is 10.1. The highest BCUT2D eigenvalue weighted by Crippen LogP contribution is 2.28. The molecular formula is C16H15B. The van der Waals surface area contributed by atoms with Gasteiger partial charge in [-0.15, -0.1) is 5.98 Å². The van der Waals surface area contributed by atoms with E-state index < -0.39 is 0 Å². The van der Waals surface area contributed by atoms with Gasteiger partial charge in [0.05, 0.1) is 0 Å². The second-order valence-electron chi connectivity index (χ2n) is 3.94. The Hall–Kier alpha value is -2.02. The molecule has 0 spiro atoms. The van der Waals surface area contributed by atoms with Gasteiger partial charge in [0.2, 0.25) is 0 Å². The van der Waals surface area contributed by atoms with Crippen LogP contribution in [-0.4, -0.2) is 7.85 Å². The molecule has 0 unspecified atom stereocenters. The van der Waals surface area contributed by atoms with Gasteiger partial charge in [0, 0.05) is 0 Å². The minimum absolute atomic E-state index is 1.05. The number of hydrogen-bond donors (Lipinski definition) is 0. The third-order valence-corrected chi connectivity index (χ3v) is 2.73. The first-order valence-electron chi connectivity index (χ1n) is 5.79. The third kappa shape index (κ3) is 2.56. The maximum Gasteiger partial charge on any atom is 0.129 e. The first kappa shape index (κ1) is 11.5. The fraction of sp³-hybridized carbons (Fsp3) is 0. The SMILES string of the molecule is B/C=C/C(=C)c1ccccc1-c1ccccc1. The molecule has 82 valence electrons. The highest BCUT2D eigenvalue weighted by Gasteiger charge is 2.04. The normalized spacial score (nSPS) is 10.6. The summed E-state index contributed by atoms with van der Waals surface area (Å²) in [6.45, 7) is 4.11. The Morgan fingerprint density at radius 1 is 0.941 bits per heavy atom. The average molecular weight is 218 g/mol. The molecule has 0 aromatic heterocycles. The van der Waals surface area contributed by atoms with Crippen LogP contribution in [-0.2, 0) is 0 Å². The van der Waals surface area contributed by atoms with Crippen molar-refractivity contribution in [1.29, 1.82) is 0 Å². The van der Waals surface area contributed by atoms with E-state index in [0.717, 1.165) is 5.57 Å². The van der Waals surface area contributed by atoms with Crippen LogP contribution in [0.4, 0.5) is 0 Å². The summed E-state index contributed by atoms with van der Waals surface area (Å²) in [6.07, 6.45) is 2.04. The van der Waals surface area contributed by atoms with Crippen molar-refractivity contribution >= 4 is 13.4 Å². The second kappa shape index (κ2) is 5.35. The van der Waals surface area contributed by atoms with E-state index in [1.165, 1.54) is 16.7 Å². The Morgan fingerprint density at radius 3 is 2.29 bits per heavy atom. The lowest BCUT2D eigenvalue weighted by Gasteiger charge is -2.09. The molecule has 0 heterocycles. The smallest absolute Gasteiger partial charge is 0.123 e. The summed E-state index contributed by atoms with van der Waals surface area (Å²) in [5, 5.41) is 0. The lowest BCUT2D eigenvalue weighted by molar-refractivity contribution is 1.57. The van der Waals surface area contributed by atoms with Gasteiger partial charge in [-0.3, -0.25) is 0 Å². The molecule has 0 aliphatic rings. The molecule has 0 N–H and O–H groups in total. The quantitative estimate of drug-likeness (QED) is 0.546. The monoisotopic (exact) mass is 218 g/mol. The molecule has 2 aromatic carbocycles. The van der Waals surface area contributed by atoms with E-state index in [4.69, 9.17) is 0 Å². The van der Waals surface area contributed by atoms with Gasteiger partial charge in [-0.25, -0.2) is 0 Å². The molecule has 1 heteroatoms. The third-order valence-electron chi connectivity index (χ3n) is 2.73. The fourth-order valence-electron chi connectivity index (χ4n) is 1.92. The summed E-state index contributed by atoms with van der Waals surface area (Å²) < 4.78 is 0. The Kier molecular flexibility index (Phi) is 3.61. The summed E-state index contributed by atoms with van der Waals surface area (Å²) in [7, 11) is 2.01. The molecule has 17 heavy (non-hydrogen) atoms. The van der Waals surface area contributed by atoms with E-state index in [0.29, 0.717) is 0 Å². The van der Waals surface area contributed by atoms with Crippen LogP contribution < -0.4 is 0 Å². The minimum atomic E-state index is 1.05. The van der Waals surface area contributed by atoms with Crippen LogP contribution in [0.3, 0.4) is 0 Å². The molecular weight excluding hydrogens is 203 g/mol. The van der Waals surface area contributed by atoms with Crippen molar-refractivity contribution in [3.05, 3.63) is 78.8 Å². The molecule has 0 radical (unpaired) electrons. The van der Waals surface area contributed by atoms with E-state index in [1.807, 2.05) is 26.0 Å². The first-order chi connectivity index (χ1) is 8.33. The topological polar surface area (TPSA) is 0 Å². The van der Waals surface area contributed by atoms with Crippen LogP contribution in [0.25, 0.3) is 16.7 Å². The van der Waals surface area contributed by atoms with Gasteiger partial charge in [0.15, 0.2) is 0 Å². The highest BCUT2D eigenvalue weighted by molar-refractivity contribution is 6.18. The van der Waals surface area contributed by atoms with Crippen molar-refractivity contribution < 1.29 is 0 Å². The van der Waals surface area contributed by atoms with Crippen molar-refractivity contribution in [2.45, 2.75) is 0 Å². The van der Waals surface area contributed by atoms with E-state index in [2.05, 4.69) is 55.1 Å². The maximum absolute atomic E-state index is 4.11. The molecule has 0 saturated carbocycles. The zero-order chi connectivity index (χ0) is 12.1. The van der Waals surface area contributed by atoms with Gasteiger partial charge >= 0.3 is 0 Å². The summed E-state index contributed by atoms with van der Waals surface area (Å²) in [4.78, 5) is 0. The van der Waals surface area contributed by atoms with Crippen LogP contribution in [0.1, 0.15) is 5.56 Å². The minimum Gasteiger partial charge on any atom is -0.123 e. The van der Waals surface area contributed by atoms with Crippen LogP contribution >= 0.6 is 0 Å². The Labute approximate surface area is 104 Å². The molecule has 2 aromatic rings. The lowest BCUT2D eigenvalue weighted by Crippen LogP contribution is -1.86. The Morgan fingerprint density at radius 2 is 1.59 bits per heavy atom. The first-order valence-corrected chi connectivity index (χ1v) is 5.79. The van der Waals surface area contributed by atoms with Gasteiger partial charge < -0.3 is 0 Å². The van der Waals surface area contributed by atoms with Crippen molar-refractivity contribution in [3.8, 4) is 11.1 Å². The highest BCUT2D eigenvalue weighted by atomic mass is 14.1. The van der Waals surface area contributed by atoms with Crippen LogP contribution in [0.2, 0.25) is 0 Å². The zero-order valence-electron chi connectivity index (χ0n) is 10.1. The van der Waals surface area contributed by atoms with Crippen molar-refractivity contribution in [2.24, 2.45) is 0 Å². The largest absolute Gasteiger partial charge is 0.129 e. The molecule has 0 nitrogen and oxygen atoms in total.